The van der Waals surface area contributed by atoms with Crippen molar-refractivity contribution in [3.8, 4) is 0 Å². The summed E-state index contributed by atoms with van der Waals surface area (Å²) in [6.45, 7) is 1.64. The van der Waals surface area contributed by atoms with Gasteiger partial charge in [0.2, 0.25) is 5.91 Å². The second-order valence-corrected chi connectivity index (χ2v) is 7.11. The number of carbonyl (C=O) groups excluding carboxylic acids is 1. The Bertz CT molecular complexity index is 573. The number of phosphoric ester groups is 1. The zero-order chi connectivity index (χ0) is 18.0. The van der Waals surface area contributed by atoms with Crippen molar-refractivity contribution in [3.05, 3.63) is 34.9 Å². The van der Waals surface area contributed by atoms with Gasteiger partial charge in [0, 0.05) is 11.4 Å². The van der Waals surface area contributed by atoms with Gasteiger partial charge in [-0.3, -0.25) is 4.79 Å². The Morgan fingerprint density at radius 2 is 1.81 bits per heavy atom. The number of unbranched alkanes of at least 4 members (excludes halogenated alkanes) is 4. The molecule has 0 aliphatic rings. The van der Waals surface area contributed by atoms with Crippen LogP contribution in [0.25, 0.3) is 0 Å². The van der Waals surface area contributed by atoms with Gasteiger partial charge in [0.15, 0.2) is 0 Å². The van der Waals surface area contributed by atoms with E-state index in [0.717, 1.165) is 32.1 Å². The quantitative estimate of drug-likeness (QED) is 0.229. The Hall–Kier alpha value is 1.09. The molecule has 26 heavy (non-hydrogen) atoms. The van der Waals surface area contributed by atoms with Gasteiger partial charge < -0.3 is 24.2 Å². The van der Waals surface area contributed by atoms with Crippen LogP contribution in [0.2, 0.25) is 5.02 Å². The van der Waals surface area contributed by atoms with E-state index in [9.17, 15) is 19.1 Å². The van der Waals surface area contributed by atoms with Crippen molar-refractivity contribution in [3.63, 3.8) is 0 Å². The van der Waals surface area contributed by atoms with Crippen molar-refractivity contribution in [1.82, 2.24) is 5.32 Å². The minimum absolute atomic E-state index is 0. The van der Waals surface area contributed by atoms with E-state index in [2.05, 4.69) is 16.8 Å². The predicted molar refractivity (Wildman–Crippen MR) is 89.3 cm³/mol. The van der Waals surface area contributed by atoms with Gasteiger partial charge in [-0.25, -0.2) is 0 Å². The van der Waals surface area contributed by atoms with Gasteiger partial charge >= 0.3 is 59.1 Å². The summed E-state index contributed by atoms with van der Waals surface area (Å²) in [4.78, 5) is 33.5. The molecule has 0 fully saturated rings. The minimum Gasteiger partial charge on any atom is -0.790 e. The maximum Gasteiger partial charge on any atom is 1.00 e. The Kier molecular flexibility index (Phi) is 18.0. The minimum atomic E-state index is -5.13. The standard InChI is InChI=1S/C16H25ClNO5P.2Na/c1-2-3-4-5-6-11-16(19)18-15(12-23-24(20,21)22)13-9-7-8-10-14(13)17;;/h7-10,15H,2-6,11-12H2,1H3,(H,18,19)(H2,20,21,22);;/q;2*+1/p-2. The maximum absolute atomic E-state index is 12.1. The van der Waals surface area contributed by atoms with Gasteiger partial charge in [0.1, 0.15) is 0 Å². The van der Waals surface area contributed by atoms with E-state index in [1.54, 1.807) is 24.3 Å². The fraction of sp³-hybridized carbons (Fsp3) is 0.562. The molecule has 0 spiro atoms. The molecular weight excluding hydrogens is 399 g/mol. The summed E-state index contributed by atoms with van der Waals surface area (Å²) in [6.07, 6.45) is 5.39. The van der Waals surface area contributed by atoms with E-state index in [1.807, 2.05) is 0 Å². The summed E-state index contributed by atoms with van der Waals surface area (Å²) in [5, 5.41) is 3.05. The third-order valence-electron chi connectivity index (χ3n) is 3.52. The average Bonchev–Trinajstić information content (AvgIpc) is 2.51. The van der Waals surface area contributed by atoms with Crippen molar-refractivity contribution in [1.29, 1.82) is 0 Å². The third-order valence-corrected chi connectivity index (χ3v) is 4.33. The largest absolute Gasteiger partial charge is 1.00 e. The molecule has 136 valence electrons. The molecule has 0 saturated carbocycles. The van der Waals surface area contributed by atoms with E-state index >= 15 is 0 Å². The van der Waals surface area contributed by atoms with Crippen molar-refractivity contribution in [2.75, 3.05) is 6.61 Å². The molecule has 6 nitrogen and oxygen atoms in total. The van der Waals surface area contributed by atoms with Crippen LogP contribution < -0.4 is 74.2 Å². The summed E-state index contributed by atoms with van der Waals surface area (Å²) in [6, 6.07) is 5.90. The Morgan fingerprint density at radius 1 is 1.19 bits per heavy atom. The molecule has 0 bridgehead atoms. The van der Waals surface area contributed by atoms with Gasteiger partial charge in [0.25, 0.3) is 0 Å². The van der Waals surface area contributed by atoms with Crippen LogP contribution in [0.4, 0.5) is 0 Å². The van der Waals surface area contributed by atoms with Gasteiger partial charge in [0.05, 0.1) is 20.5 Å². The smallest absolute Gasteiger partial charge is 0.790 e. The number of hydrogen-bond acceptors (Lipinski definition) is 5. The Balaban J connectivity index is 0. The molecule has 1 rings (SSSR count). The van der Waals surface area contributed by atoms with E-state index in [1.165, 1.54) is 0 Å². The van der Waals surface area contributed by atoms with Crippen LogP contribution in [0.15, 0.2) is 24.3 Å². The predicted octanol–water partition coefficient (Wildman–Crippen LogP) is -3.29. The molecule has 0 radical (unpaired) electrons. The molecule has 1 aromatic carbocycles. The SMILES string of the molecule is CCCCCCCC(=O)NC(COP(=O)([O-])[O-])c1ccccc1Cl.[Na+].[Na+]. The summed E-state index contributed by atoms with van der Waals surface area (Å²) in [7, 11) is -5.13. The van der Waals surface area contributed by atoms with E-state index in [-0.39, 0.29) is 65.0 Å². The summed E-state index contributed by atoms with van der Waals surface area (Å²) < 4.78 is 15.0. The van der Waals surface area contributed by atoms with Crippen LogP contribution in [-0.2, 0) is 13.9 Å². The van der Waals surface area contributed by atoms with Crippen molar-refractivity contribution in [2.24, 2.45) is 0 Å². The zero-order valence-corrected chi connectivity index (χ0v) is 21.4. The number of carbonyl (C=O) groups is 1. The van der Waals surface area contributed by atoms with E-state index in [0.29, 0.717) is 17.0 Å². The molecule has 1 aromatic rings. The number of benzene rings is 1. The van der Waals surface area contributed by atoms with Crippen molar-refractivity contribution in [2.45, 2.75) is 51.5 Å². The molecule has 1 N–H and O–H groups in total. The van der Waals surface area contributed by atoms with Crippen LogP contribution in [0.5, 0.6) is 0 Å². The number of halogens is 1. The second kappa shape index (κ2) is 15.9. The molecule has 0 aromatic heterocycles. The Labute approximate surface area is 204 Å². The van der Waals surface area contributed by atoms with E-state index < -0.39 is 20.5 Å². The van der Waals surface area contributed by atoms with Crippen LogP contribution in [-0.4, -0.2) is 12.5 Å². The molecule has 0 aliphatic carbocycles. The summed E-state index contributed by atoms with van der Waals surface area (Å²) >= 11 is 6.08. The van der Waals surface area contributed by atoms with Crippen molar-refractivity contribution < 1.29 is 82.8 Å². The normalized spacial score (nSPS) is 11.8. The third kappa shape index (κ3) is 13.3. The van der Waals surface area contributed by atoms with Gasteiger partial charge in [-0.05, 0) is 18.1 Å². The first kappa shape index (κ1) is 29.3. The molecule has 0 aliphatic heterocycles. The van der Waals surface area contributed by atoms with Gasteiger partial charge in [-0.1, -0.05) is 62.4 Å². The first-order valence-electron chi connectivity index (χ1n) is 8.04. The monoisotopic (exact) mass is 421 g/mol. The summed E-state index contributed by atoms with van der Waals surface area (Å²) in [5.41, 5.74) is 0.506. The second-order valence-electron chi connectivity index (χ2n) is 5.55. The molecule has 1 atom stereocenters. The molecule has 0 heterocycles. The average molecular weight is 422 g/mol. The summed E-state index contributed by atoms with van der Waals surface area (Å²) in [5.74, 6) is -0.230. The topological polar surface area (TPSA) is 102 Å². The van der Waals surface area contributed by atoms with Crippen LogP contribution in [0.1, 0.15) is 57.1 Å². The first-order chi connectivity index (χ1) is 11.3. The first-order valence-corrected chi connectivity index (χ1v) is 9.87. The number of hydrogen-bond donors (Lipinski definition) is 1. The molecule has 1 unspecified atom stereocenters. The van der Waals surface area contributed by atoms with Crippen LogP contribution in [0.3, 0.4) is 0 Å². The number of amides is 1. The number of phosphoric acid groups is 1. The molecule has 10 heteroatoms. The van der Waals surface area contributed by atoms with Gasteiger partial charge in [-0.2, -0.15) is 0 Å². The van der Waals surface area contributed by atoms with Crippen LogP contribution >= 0.6 is 19.4 Å². The molecule has 1 amide bonds. The fourth-order valence-electron chi connectivity index (χ4n) is 2.29. The van der Waals surface area contributed by atoms with Crippen molar-refractivity contribution >= 4 is 25.3 Å². The number of rotatable bonds is 11. The zero-order valence-electron chi connectivity index (χ0n) is 15.7. The van der Waals surface area contributed by atoms with Crippen LogP contribution in [0, 0.1) is 0 Å². The molecular formula is C16H23ClNNa2O5P. The fourth-order valence-corrected chi connectivity index (χ4v) is 2.89. The maximum atomic E-state index is 12.1. The Morgan fingerprint density at radius 3 is 2.38 bits per heavy atom. The van der Waals surface area contributed by atoms with E-state index in [4.69, 9.17) is 11.6 Å². The molecule has 0 saturated heterocycles. The number of nitrogens with one attached hydrogen (secondary N) is 1. The van der Waals surface area contributed by atoms with Gasteiger partial charge in [-0.15, -0.1) is 0 Å².